The Kier molecular flexibility index (Phi) is 3.86. The van der Waals surface area contributed by atoms with Crippen molar-refractivity contribution in [3.05, 3.63) is 35.6 Å². The fourth-order valence-corrected chi connectivity index (χ4v) is 2.27. The van der Waals surface area contributed by atoms with Crippen LogP contribution >= 0.6 is 0 Å². The van der Waals surface area contributed by atoms with Crippen molar-refractivity contribution in [1.82, 2.24) is 4.90 Å². The van der Waals surface area contributed by atoms with Crippen LogP contribution in [-0.2, 0) is 0 Å². The average molecular weight is 237 g/mol. The number of halogens is 1. The largest absolute Gasteiger partial charge is 0.395 e. The van der Waals surface area contributed by atoms with Gasteiger partial charge in [-0.1, -0.05) is 12.1 Å². The van der Waals surface area contributed by atoms with Crippen molar-refractivity contribution in [2.45, 2.75) is 18.9 Å². The Morgan fingerprint density at radius 3 is 2.94 bits per heavy atom. The van der Waals surface area contributed by atoms with E-state index in [1.54, 1.807) is 12.1 Å². The molecule has 0 aromatic heterocycles. The molecular formula is C13H16FNO2. The molecule has 1 atom stereocenters. The van der Waals surface area contributed by atoms with Gasteiger partial charge < -0.3 is 5.11 Å². The van der Waals surface area contributed by atoms with Crippen LogP contribution in [-0.4, -0.2) is 41.5 Å². The predicted molar refractivity (Wildman–Crippen MR) is 62.4 cm³/mol. The number of ketones is 1. The van der Waals surface area contributed by atoms with E-state index in [4.69, 9.17) is 5.11 Å². The van der Waals surface area contributed by atoms with Gasteiger partial charge in [-0.3, -0.25) is 9.69 Å². The number of aliphatic hydroxyl groups excluding tert-OH is 1. The molecule has 1 unspecified atom stereocenters. The molecule has 17 heavy (non-hydrogen) atoms. The normalized spacial score (nSPS) is 20.7. The number of benzene rings is 1. The van der Waals surface area contributed by atoms with E-state index in [-0.39, 0.29) is 30.5 Å². The Morgan fingerprint density at radius 2 is 2.24 bits per heavy atom. The fraction of sp³-hybridized carbons (Fsp3) is 0.462. The van der Waals surface area contributed by atoms with Crippen LogP contribution in [0.5, 0.6) is 0 Å². The molecule has 0 amide bonds. The molecule has 2 rings (SSSR count). The van der Waals surface area contributed by atoms with Gasteiger partial charge in [0, 0.05) is 6.04 Å². The van der Waals surface area contributed by atoms with E-state index in [0.717, 1.165) is 19.4 Å². The van der Waals surface area contributed by atoms with E-state index >= 15 is 0 Å². The number of hydrogen-bond acceptors (Lipinski definition) is 3. The number of carbonyl (C=O) groups is 1. The second-order valence-corrected chi connectivity index (χ2v) is 4.35. The predicted octanol–water partition coefficient (Wildman–Crippen LogP) is 1.47. The molecule has 0 saturated carbocycles. The first-order valence-corrected chi connectivity index (χ1v) is 5.85. The number of Topliss-reactive ketones (excluding diaryl/α,β-unsaturated/α-hetero) is 1. The second kappa shape index (κ2) is 5.38. The first-order chi connectivity index (χ1) is 8.22. The molecule has 1 N–H and O–H groups in total. The molecule has 1 aliphatic rings. The van der Waals surface area contributed by atoms with Crippen molar-refractivity contribution >= 4 is 5.78 Å². The van der Waals surface area contributed by atoms with Crippen LogP contribution in [0.1, 0.15) is 23.2 Å². The lowest BCUT2D eigenvalue weighted by atomic mass is 10.1. The van der Waals surface area contributed by atoms with Gasteiger partial charge in [0.05, 0.1) is 18.7 Å². The van der Waals surface area contributed by atoms with Gasteiger partial charge in [-0.2, -0.15) is 0 Å². The summed E-state index contributed by atoms with van der Waals surface area (Å²) in [4.78, 5) is 13.8. The summed E-state index contributed by atoms with van der Waals surface area (Å²) >= 11 is 0. The molecule has 0 aliphatic carbocycles. The van der Waals surface area contributed by atoms with Crippen LogP contribution in [0, 0.1) is 5.82 Å². The van der Waals surface area contributed by atoms with Gasteiger partial charge in [-0.25, -0.2) is 4.39 Å². The number of hydrogen-bond donors (Lipinski definition) is 1. The Morgan fingerprint density at radius 1 is 1.47 bits per heavy atom. The molecule has 1 heterocycles. The number of likely N-dealkylation sites (tertiary alicyclic amines) is 1. The zero-order chi connectivity index (χ0) is 12.3. The van der Waals surface area contributed by atoms with Crippen LogP contribution < -0.4 is 0 Å². The maximum atomic E-state index is 13.4. The summed E-state index contributed by atoms with van der Waals surface area (Å²) in [5.74, 6) is -0.694. The molecule has 0 spiro atoms. The highest BCUT2D eigenvalue weighted by Crippen LogP contribution is 2.17. The molecule has 3 nitrogen and oxygen atoms in total. The van der Waals surface area contributed by atoms with Crippen molar-refractivity contribution in [2.24, 2.45) is 0 Å². The molecule has 1 aromatic rings. The van der Waals surface area contributed by atoms with Gasteiger partial charge in [0.2, 0.25) is 0 Å². The minimum Gasteiger partial charge on any atom is -0.395 e. The Balaban J connectivity index is 2.04. The Bertz CT molecular complexity index is 408. The molecule has 0 radical (unpaired) electrons. The highest BCUT2D eigenvalue weighted by atomic mass is 19.1. The Hall–Kier alpha value is -1.26. The number of rotatable bonds is 4. The highest BCUT2D eigenvalue weighted by molar-refractivity contribution is 5.97. The van der Waals surface area contributed by atoms with Crippen LogP contribution in [0.3, 0.4) is 0 Å². The molecule has 1 aromatic carbocycles. The summed E-state index contributed by atoms with van der Waals surface area (Å²) < 4.78 is 13.4. The van der Waals surface area contributed by atoms with Crippen molar-refractivity contribution < 1.29 is 14.3 Å². The fourth-order valence-electron chi connectivity index (χ4n) is 2.27. The van der Waals surface area contributed by atoms with Gasteiger partial charge in [0.1, 0.15) is 5.82 Å². The first kappa shape index (κ1) is 12.2. The van der Waals surface area contributed by atoms with Crippen LogP contribution in [0.15, 0.2) is 24.3 Å². The molecule has 1 saturated heterocycles. The monoisotopic (exact) mass is 237 g/mol. The standard InChI is InChI=1S/C13H16FNO2/c14-12-6-2-1-5-11(12)13(17)8-15-7-3-4-10(15)9-16/h1-2,5-6,10,16H,3-4,7-9H2. The molecule has 1 fully saturated rings. The second-order valence-electron chi connectivity index (χ2n) is 4.35. The summed E-state index contributed by atoms with van der Waals surface area (Å²) in [6.07, 6.45) is 1.89. The van der Waals surface area contributed by atoms with Crippen LogP contribution in [0.25, 0.3) is 0 Å². The SMILES string of the molecule is O=C(CN1CCCC1CO)c1ccccc1F. The lowest BCUT2D eigenvalue weighted by molar-refractivity contribution is 0.0884. The third-order valence-corrected chi connectivity index (χ3v) is 3.23. The number of carbonyl (C=O) groups excluding carboxylic acids is 1. The summed E-state index contributed by atoms with van der Waals surface area (Å²) in [6, 6.07) is 6.07. The molecule has 92 valence electrons. The number of aliphatic hydroxyl groups is 1. The van der Waals surface area contributed by atoms with Crippen molar-refractivity contribution in [1.29, 1.82) is 0 Å². The van der Waals surface area contributed by atoms with E-state index in [0.29, 0.717) is 0 Å². The third-order valence-electron chi connectivity index (χ3n) is 3.23. The van der Waals surface area contributed by atoms with E-state index in [1.807, 2.05) is 4.90 Å². The van der Waals surface area contributed by atoms with Crippen molar-refractivity contribution in [3.8, 4) is 0 Å². The minimum atomic E-state index is -0.475. The maximum Gasteiger partial charge on any atom is 0.179 e. The van der Waals surface area contributed by atoms with Crippen LogP contribution in [0.2, 0.25) is 0 Å². The smallest absolute Gasteiger partial charge is 0.179 e. The van der Waals surface area contributed by atoms with Gasteiger partial charge in [-0.05, 0) is 31.5 Å². The minimum absolute atomic E-state index is 0.0470. The molecular weight excluding hydrogens is 221 g/mol. The maximum absolute atomic E-state index is 13.4. The van der Waals surface area contributed by atoms with Gasteiger partial charge in [0.25, 0.3) is 0 Å². The molecule has 0 bridgehead atoms. The quantitative estimate of drug-likeness (QED) is 0.806. The van der Waals surface area contributed by atoms with E-state index < -0.39 is 5.82 Å². The van der Waals surface area contributed by atoms with Gasteiger partial charge in [-0.15, -0.1) is 0 Å². The lowest BCUT2D eigenvalue weighted by Crippen LogP contribution is -2.36. The summed E-state index contributed by atoms with van der Waals surface area (Å²) in [7, 11) is 0. The first-order valence-electron chi connectivity index (χ1n) is 5.85. The van der Waals surface area contributed by atoms with Crippen molar-refractivity contribution in [3.63, 3.8) is 0 Å². The summed E-state index contributed by atoms with van der Waals surface area (Å²) in [5.41, 5.74) is 0.135. The van der Waals surface area contributed by atoms with Crippen LogP contribution in [0.4, 0.5) is 4.39 Å². The molecule has 4 heteroatoms. The highest BCUT2D eigenvalue weighted by Gasteiger charge is 2.26. The topological polar surface area (TPSA) is 40.5 Å². The number of nitrogens with zero attached hydrogens (tertiary/aromatic N) is 1. The Labute approximate surface area is 99.9 Å². The zero-order valence-corrected chi connectivity index (χ0v) is 9.60. The van der Waals surface area contributed by atoms with E-state index in [1.165, 1.54) is 12.1 Å². The van der Waals surface area contributed by atoms with Gasteiger partial charge in [0.15, 0.2) is 5.78 Å². The van der Waals surface area contributed by atoms with E-state index in [9.17, 15) is 9.18 Å². The van der Waals surface area contributed by atoms with Gasteiger partial charge >= 0.3 is 0 Å². The lowest BCUT2D eigenvalue weighted by Gasteiger charge is -2.21. The van der Waals surface area contributed by atoms with E-state index in [2.05, 4.69) is 0 Å². The summed E-state index contributed by atoms with van der Waals surface area (Å²) in [5, 5.41) is 9.15. The van der Waals surface area contributed by atoms with Crippen molar-refractivity contribution in [2.75, 3.05) is 19.7 Å². The third kappa shape index (κ3) is 2.70. The zero-order valence-electron chi connectivity index (χ0n) is 9.60. The average Bonchev–Trinajstić information content (AvgIpc) is 2.76. The summed E-state index contributed by atoms with van der Waals surface area (Å²) in [6.45, 7) is 1.04. The molecule has 1 aliphatic heterocycles.